The normalized spacial score (nSPS) is 19.1. The first-order valence-corrected chi connectivity index (χ1v) is 7.73. The molecule has 2 rings (SSSR count). The van der Waals surface area contributed by atoms with Gasteiger partial charge in [-0.05, 0) is 31.7 Å². The number of nitrogens with two attached hydrogens (primary N) is 1. The second kappa shape index (κ2) is 7.06. The second-order valence-corrected chi connectivity index (χ2v) is 6.23. The van der Waals surface area contributed by atoms with Crippen molar-refractivity contribution in [2.45, 2.75) is 64.8 Å². The van der Waals surface area contributed by atoms with Crippen LogP contribution in [0.15, 0.2) is 18.2 Å². The maximum absolute atomic E-state index is 5.81. The van der Waals surface area contributed by atoms with Crippen LogP contribution in [0.1, 0.15) is 67.7 Å². The van der Waals surface area contributed by atoms with Crippen LogP contribution in [-0.2, 0) is 0 Å². The Bertz CT molecular complexity index is 372. The summed E-state index contributed by atoms with van der Waals surface area (Å²) in [4.78, 5) is 0. The molecule has 19 heavy (non-hydrogen) atoms. The van der Waals surface area contributed by atoms with Gasteiger partial charge in [-0.15, -0.1) is 0 Å². The summed E-state index contributed by atoms with van der Waals surface area (Å²) < 4.78 is 0. The fraction of sp³-hybridized carbons (Fsp3) is 0.647. The van der Waals surface area contributed by atoms with Crippen molar-refractivity contribution < 1.29 is 0 Å². The van der Waals surface area contributed by atoms with Crippen molar-refractivity contribution in [2.24, 2.45) is 11.8 Å². The summed E-state index contributed by atoms with van der Waals surface area (Å²) in [7, 11) is 0. The molecule has 1 fully saturated rings. The van der Waals surface area contributed by atoms with Crippen LogP contribution in [-0.4, -0.2) is 0 Å². The molecule has 0 saturated heterocycles. The van der Waals surface area contributed by atoms with Crippen LogP contribution in [0, 0.1) is 19.8 Å². The van der Waals surface area contributed by atoms with Crippen LogP contribution in [0.2, 0.25) is 0 Å². The zero-order chi connectivity index (χ0) is 13.7. The molecule has 1 aromatic carbocycles. The molecule has 3 N–H and O–H groups in total. The molecule has 1 unspecified atom stereocenters. The predicted octanol–water partition coefficient (Wildman–Crippen LogP) is 4.17. The molecule has 0 heterocycles. The topological polar surface area (TPSA) is 38.0 Å². The summed E-state index contributed by atoms with van der Waals surface area (Å²) in [5.41, 5.74) is 7.05. The van der Waals surface area contributed by atoms with E-state index in [1.165, 1.54) is 61.6 Å². The van der Waals surface area contributed by atoms with Gasteiger partial charge in [0.1, 0.15) is 0 Å². The highest BCUT2D eigenvalue weighted by Crippen LogP contribution is 2.31. The van der Waals surface area contributed by atoms with Gasteiger partial charge >= 0.3 is 0 Å². The lowest BCUT2D eigenvalue weighted by Gasteiger charge is -2.23. The maximum Gasteiger partial charge on any atom is 0.0462 e. The van der Waals surface area contributed by atoms with E-state index in [2.05, 4.69) is 37.5 Å². The second-order valence-electron chi connectivity index (χ2n) is 6.23. The first-order chi connectivity index (χ1) is 9.19. The minimum atomic E-state index is 0.307. The van der Waals surface area contributed by atoms with Crippen molar-refractivity contribution in [1.82, 2.24) is 5.43 Å². The molecule has 0 amide bonds. The zero-order valence-corrected chi connectivity index (χ0v) is 12.4. The molecule has 0 bridgehead atoms. The predicted molar refractivity (Wildman–Crippen MR) is 81.8 cm³/mol. The highest BCUT2D eigenvalue weighted by Gasteiger charge is 2.19. The average molecular weight is 260 g/mol. The third-order valence-corrected chi connectivity index (χ3v) is 4.39. The van der Waals surface area contributed by atoms with Crippen molar-refractivity contribution in [3.8, 4) is 0 Å². The molecule has 0 spiro atoms. The Morgan fingerprint density at radius 2 is 1.63 bits per heavy atom. The fourth-order valence-electron chi connectivity index (χ4n) is 3.44. The first-order valence-electron chi connectivity index (χ1n) is 7.73. The average Bonchev–Trinajstić information content (AvgIpc) is 2.63. The van der Waals surface area contributed by atoms with Crippen molar-refractivity contribution >= 4 is 0 Å². The number of aryl methyl sites for hydroxylation is 2. The Kier molecular flexibility index (Phi) is 5.41. The lowest BCUT2D eigenvalue weighted by Crippen LogP contribution is -2.29. The zero-order valence-electron chi connectivity index (χ0n) is 12.4. The molecule has 2 heteroatoms. The Morgan fingerprint density at radius 3 is 2.16 bits per heavy atom. The van der Waals surface area contributed by atoms with Crippen LogP contribution in [0.25, 0.3) is 0 Å². The van der Waals surface area contributed by atoms with Gasteiger partial charge in [-0.25, -0.2) is 0 Å². The van der Waals surface area contributed by atoms with Gasteiger partial charge in [-0.2, -0.15) is 0 Å². The van der Waals surface area contributed by atoms with Gasteiger partial charge < -0.3 is 0 Å². The minimum absolute atomic E-state index is 0.307. The number of hydrazine groups is 1. The number of rotatable bonds is 4. The Hall–Kier alpha value is -0.860. The van der Waals surface area contributed by atoms with Crippen LogP contribution >= 0.6 is 0 Å². The van der Waals surface area contributed by atoms with E-state index in [1.807, 2.05) is 0 Å². The Morgan fingerprint density at radius 1 is 1.05 bits per heavy atom. The van der Waals surface area contributed by atoms with E-state index in [4.69, 9.17) is 5.84 Å². The summed E-state index contributed by atoms with van der Waals surface area (Å²) in [6.07, 6.45) is 9.57. The largest absolute Gasteiger partial charge is 0.271 e. The smallest absolute Gasteiger partial charge is 0.0462 e. The van der Waals surface area contributed by atoms with Crippen molar-refractivity contribution in [1.29, 1.82) is 0 Å². The monoisotopic (exact) mass is 260 g/mol. The van der Waals surface area contributed by atoms with Crippen molar-refractivity contribution in [3.63, 3.8) is 0 Å². The molecule has 1 aromatic rings. The minimum Gasteiger partial charge on any atom is -0.271 e. The lowest BCUT2D eigenvalue weighted by molar-refractivity contribution is 0.359. The van der Waals surface area contributed by atoms with Crippen LogP contribution in [0.5, 0.6) is 0 Å². The van der Waals surface area contributed by atoms with Gasteiger partial charge in [0.2, 0.25) is 0 Å². The first kappa shape index (κ1) is 14.5. The SMILES string of the molecule is Cc1cc(C)cc(C(CC2CCCCCC2)NN)c1. The fourth-order valence-corrected chi connectivity index (χ4v) is 3.44. The molecule has 1 saturated carbocycles. The molecule has 106 valence electrons. The van der Waals surface area contributed by atoms with Gasteiger partial charge in [-0.1, -0.05) is 67.9 Å². The third-order valence-electron chi connectivity index (χ3n) is 4.39. The van der Waals surface area contributed by atoms with Gasteiger partial charge in [0.05, 0.1) is 0 Å². The summed E-state index contributed by atoms with van der Waals surface area (Å²) in [5.74, 6) is 6.65. The molecule has 1 aliphatic rings. The van der Waals surface area contributed by atoms with Gasteiger partial charge in [0, 0.05) is 6.04 Å². The number of benzene rings is 1. The maximum atomic E-state index is 5.81. The van der Waals surface area contributed by atoms with E-state index in [0.717, 1.165) is 5.92 Å². The van der Waals surface area contributed by atoms with E-state index in [9.17, 15) is 0 Å². The van der Waals surface area contributed by atoms with E-state index in [-0.39, 0.29) is 0 Å². The van der Waals surface area contributed by atoms with Gasteiger partial charge in [0.15, 0.2) is 0 Å². The summed E-state index contributed by atoms with van der Waals surface area (Å²) in [6.45, 7) is 4.32. The number of nitrogens with one attached hydrogen (secondary N) is 1. The van der Waals surface area contributed by atoms with Gasteiger partial charge in [0.25, 0.3) is 0 Å². The molecule has 1 atom stereocenters. The molecule has 0 aromatic heterocycles. The highest BCUT2D eigenvalue weighted by atomic mass is 15.2. The molecule has 0 aliphatic heterocycles. The molecule has 2 nitrogen and oxygen atoms in total. The molecular weight excluding hydrogens is 232 g/mol. The summed E-state index contributed by atoms with van der Waals surface area (Å²) in [5, 5.41) is 0. The standard InChI is InChI=1S/C17H28N2/c1-13-9-14(2)11-16(10-13)17(19-18)12-15-7-5-3-4-6-8-15/h9-11,15,17,19H,3-8,12,18H2,1-2H3. The van der Waals surface area contributed by atoms with E-state index >= 15 is 0 Å². The number of hydrogen-bond acceptors (Lipinski definition) is 2. The van der Waals surface area contributed by atoms with E-state index < -0.39 is 0 Å². The lowest BCUT2D eigenvalue weighted by atomic mass is 9.89. The van der Waals surface area contributed by atoms with Crippen LogP contribution < -0.4 is 11.3 Å². The van der Waals surface area contributed by atoms with Crippen LogP contribution in [0.4, 0.5) is 0 Å². The van der Waals surface area contributed by atoms with E-state index in [0.29, 0.717) is 6.04 Å². The quantitative estimate of drug-likeness (QED) is 0.484. The highest BCUT2D eigenvalue weighted by molar-refractivity contribution is 5.30. The van der Waals surface area contributed by atoms with E-state index in [1.54, 1.807) is 0 Å². The van der Waals surface area contributed by atoms with Crippen LogP contribution in [0.3, 0.4) is 0 Å². The third kappa shape index (κ3) is 4.32. The summed E-state index contributed by atoms with van der Waals surface area (Å²) >= 11 is 0. The van der Waals surface area contributed by atoms with Crippen molar-refractivity contribution in [3.05, 3.63) is 34.9 Å². The van der Waals surface area contributed by atoms with Gasteiger partial charge in [-0.3, -0.25) is 11.3 Å². The van der Waals surface area contributed by atoms with Crippen molar-refractivity contribution in [2.75, 3.05) is 0 Å². The number of hydrogen-bond donors (Lipinski definition) is 2. The summed E-state index contributed by atoms with van der Waals surface area (Å²) in [6, 6.07) is 7.08. The molecule has 0 radical (unpaired) electrons. The molecule has 1 aliphatic carbocycles. The molecular formula is C17H28N2. The Balaban J connectivity index is 2.05. The Labute approximate surface area is 117 Å².